The summed E-state index contributed by atoms with van der Waals surface area (Å²) in [5.41, 5.74) is 0. The van der Waals surface area contributed by atoms with Crippen molar-refractivity contribution in [3.63, 3.8) is 0 Å². The van der Waals surface area contributed by atoms with Crippen LogP contribution in [0.25, 0.3) is 0 Å². The van der Waals surface area contributed by atoms with Gasteiger partial charge in [-0.25, -0.2) is 0 Å². The SMILES string of the molecule is O=P([O-])([O-])[O-].[AsH3].[K+].[K+].[K+].[K+].[K+].[O]=[Ti]([O-])[O-]. The van der Waals surface area contributed by atoms with E-state index in [0.29, 0.717) is 0 Å². The summed E-state index contributed by atoms with van der Waals surface area (Å²) in [6, 6.07) is 0. The molecule has 1 atom stereocenters. The molecule has 0 fully saturated rings. The molecule has 64 valence electrons. The Balaban J connectivity index is -0.00000000785. The van der Waals surface area contributed by atoms with Crippen LogP contribution in [-0.4, -0.2) is 18.0 Å². The van der Waals surface area contributed by atoms with Crippen LogP contribution in [-0.2, 0) is 26.5 Å². The van der Waals surface area contributed by atoms with Gasteiger partial charge in [0.2, 0.25) is 0 Å². The van der Waals surface area contributed by atoms with Crippen LogP contribution >= 0.6 is 7.82 Å². The third kappa shape index (κ3) is 122. The van der Waals surface area contributed by atoms with Crippen LogP contribution in [0.3, 0.4) is 0 Å². The van der Waals surface area contributed by atoms with Crippen LogP contribution in [0.4, 0.5) is 0 Å². The van der Waals surface area contributed by atoms with Gasteiger partial charge >= 0.3 is 304 Å². The van der Waals surface area contributed by atoms with Gasteiger partial charge in [-0.1, -0.05) is 0 Å². The summed E-state index contributed by atoms with van der Waals surface area (Å²) in [6.07, 6.45) is 0. The molecule has 0 aliphatic carbocycles. The molecule has 15 heavy (non-hydrogen) atoms. The molecule has 0 N–H and O–H groups in total. The molecule has 0 heterocycles. The fourth-order valence-electron chi connectivity index (χ4n) is 0. The first-order valence-electron chi connectivity index (χ1n) is 1.34. The summed E-state index contributed by atoms with van der Waals surface area (Å²) >= 11 is -4.08. The van der Waals surface area contributed by atoms with Crippen molar-refractivity contribution in [2.24, 2.45) is 0 Å². The molecule has 0 bridgehead atoms. The summed E-state index contributed by atoms with van der Waals surface area (Å²) in [5, 5.41) is 0. The van der Waals surface area contributed by atoms with Gasteiger partial charge in [0, 0.05) is 0 Å². The summed E-state index contributed by atoms with van der Waals surface area (Å²) < 4.78 is 34.3. The van der Waals surface area contributed by atoms with Crippen molar-refractivity contribution in [2.75, 3.05) is 0 Å². The number of hydrogen-bond acceptors (Lipinski definition) is 7. The zero-order valence-electron chi connectivity index (χ0n) is 9.51. The van der Waals surface area contributed by atoms with E-state index in [1.54, 1.807) is 0 Å². The number of hydrogen-bond donors (Lipinski definition) is 0. The fraction of sp³-hybridized carbons (Fsp3) is 0. The second kappa shape index (κ2) is 34.6. The van der Waals surface area contributed by atoms with Crippen LogP contribution < -0.4 is 279 Å². The van der Waals surface area contributed by atoms with Crippen molar-refractivity contribution in [3.8, 4) is 0 Å². The van der Waals surface area contributed by atoms with Gasteiger partial charge in [0.15, 0.2) is 0 Å². The molecule has 0 aromatic carbocycles. The average molecular weight is 464 g/mol. The maximum absolute atomic E-state index is 8.58. The van der Waals surface area contributed by atoms with Crippen LogP contribution in [0.2, 0.25) is 0 Å². The molecule has 0 aliphatic rings. The van der Waals surface area contributed by atoms with E-state index in [2.05, 4.69) is 0 Å². The van der Waals surface area contributed by atoms with Crippen LogP contribution in [0.15, 0.2) is 0 Å². The van der Waals surface area contributed by atoms with Gasteiger partial charge in [-0.15, -0.1) is 0 Å². The predicted octanol–water partition coefficient (Wildman–Crippen LogP) is -21.5. The summed E-state index contributed by atoms with van der Waals surface area (Å²) in [7, 11) is -5.39. The van der Waals surface area contributed by atoms with Gasteiger partial charge in [0.05, 0.1) is 0 Å². The average Bonchev–Trinajstić information content (AvgIpc) is 1.19. The van der Waals surface area contributed by atoms with E-state index in [1.807, 2.05) is 0 Å². The minimum atomic E-state index is -5.39. The van der Waals surface area contributed by atoms with Gasteiger partial charge in [0.25, 0.3) is 0 Å². The summed E-state index contributed by atoms with van der Waals surface area (Å²) in [5.74, 6) is 0. The first-order chi connectivity index (χ1) is 3.73. The van der Waals surface area contributed by atoms with Crippen molar-refractivity contribution >= 4 is 25.8 Å². The standard InChI is InChI=1S/AsH3.5K.H3O4P.3O.Ti/c;;;;;;1-5(2,3)4;;;;/h1H3;;;;;;(H3,1,2,3,4);;;;/q;5*+1;;;2*-1;/p-3. The number of rotatable bonds is 0. The van der Waals surface area contributed by atoms with Gasteiger partial charge in [-0.3, -0.25) is 0 Å². The Bertz CT molecular complexity index is 127. The first kappa shape index (κ1) is 49.6. The van der Waals surface area contributed by atoms with Crippen LogP contribution in [0, 0.1) is 0 Å². The molecule has 0 radical (unpaired) electrons. The Kier molecular flexibility index (Phi) is 114. The maximum atomic E-state index is 8.58. The normalized spacial score (nSPS) is 5.67. The molecule has 0 rings (SSSR count). The zero-order chi connectivity index (χ0) is 8.08. The summed E-state index contributed by atoms with van der Waals surface area (Å²) in [4.78, 5) is 25.6. The quantitative estimate of drug-likeness (QED) is 0.255. The monoisotopic (exact) mass is 464 g/mol. The minimum absolute atomic E-state index is 0. The van der Waals surface area contributed by atoms with Crippen molar-refractivity contribution in [1.29, 1.82) is 0 Å². The molecule has 0 aromatic heterocycles. The third-order valence-corrected chi connectivity index (χ3v) is 0. The van der Waals surface area contributed by atoms with Crippen molar-refractivity contribution in [1.82, 2.24) is 0 Å². The van der Waals surface area contributed by atoms with E-state index >= 15 is 0 Å². The van der Waals surface area contributed by atoms with Crippen LogP contribution in [0.5, 0.6) is 0 Å². The van der Waals surface area contributed by atoms with E-state index in [9.17, 15) is 0 Å². The topological polar surface area (TPSA) is 149 Å². The van der Waals surface area contributed by atoms with E-state index < -0.39 is 26.4 Å². The predicted molar refractivity (Wildman–Crippen MR) is 18.2 cm³/mol. The molecule has 0 aromatic rings. The Hall–Kier alpha value is 9.28. The molecular formula is H3AsK5O7PTi. The molecule has 0 saturated carbocycles. The molecule has 0 aliphatic heterocycles. The van der Waals surface area contributed by atoms with Crippen LogP contribution in [0.1, 0.15) is 0 Å². The molecule has 0 spiro atoms. The first-order valence-corrected chi connectivity index (χ1v) is 4.72. The van der Waals surface area contributed by atoms with Gasteiger partial charge < -0.3 is 19.2 Å². The van der Waals surface area contributed by atoms with Gasteiger partial charge in [0.1, 0.15) is 0 Å². The second-order valence-electron chi connectivity index (χ2n) is 0.697. The summed E-state index contributed by atoms with van der Waals surface area (Å²) in [6.45, 7) is 0. The van der Waals surface area contributed by atoms with Crippen molar-refractivity contribution < 1.29 is 305 Å². The molecule has 0 amide bonds. The number of phosphoric acid groups is 1. The molecule has 7 nitrogen and oxygen atoms in total. The molecule has 0 saturated heterocycles. The molecule has 1 unspecified atom stereocenters. The second-order valence-corrected chi connectivity index (χ2v) is 2.37. The van der Waals surface area contributed by atoms with Gasteiger partial charge in [-0.2, -0.15) is 7.82 Å². The molecular weight excluding hydrogens is 461 g/mol. The Morgan fingerprint density at radius 1 is 0.800 bits per heavy atom. The fourth-order valence-corrected chi connectivity index (χ4v) is 0. The van der Waals surface area contributed by atoms with E-state index in [-0.39, 0.29) is 275 Å². The van der Waals surface area contributed by atoms with E-state index in [4.69, 9.17) is 29.9 Å². The third-order valence-electron chi connectivity index (χ3n) is 0. The Labute approximate surface area is 319 Å². The van der Waals surface area contributed by atoms with Gasteiger partial charge in [-0.05, 0) is 0 Å². The molecule has 15 heteroatoms. The Morgan fingerprint density at radius 3 is 0.800 bits per heavy atom. The Morgan fingerprint density at radius 2 is 0.800 bits per heavy atom. The van der Waals surface area contributed by atoms with E-state index in [1.165, 1.54) is 0 Å². The zero-order valence-corrected chi connectivity index (χ0v) is 30.6. The van der Waals surface area contributed by atoms with E-state index in [0.717, 1.165) is 0 Å². The van der Waals surface area contributed by atoms with Crippen molar-refractivity contribution in [3.05, 3.63) is 0 Å². The van der Waals surface area contributed by atoms with Crippen molar-refractivity contribution in [2.45, 2.75) is 0 Å².